The average Bonchev–Trinajstić information content (AvgIpc) is 2.98. The molecule has 2 aromatic carbocycles. The second-order valence-corrected chi connectivity index (χ2v) is 6.67. The highest BCUT2D eigenvalue weighted by molar-refractivity contribution is 5.99. The molecule has 1 aliphatic rings. The van der Waals surface area contributed by atoms with E-state index in [2.05, 4.69) is 0 Å². The van der Waals surface area contributed by atoms with Crippen LogP contribution in [0, 0.1) is 0 Å². The maximum Gasteiger partial charge on any atom is 0.336 e. The second-order valence-electron chi connectivity index (χ2n) is 6.67. The third-order valence-electron chi connectivity index (χ3n) is 4.03. The Bertz CT molecular complexity index is 999. The van der Waals surface area contributed by atoms with Crippen LogP contribution in [-0.4, -0.2) is 27.9 Å². The number of nitrogen functional groups attached to an aromatic ring is 1. The van der Waals surface area contributed by atoms with Crippen molar-refractivity contribution in [2.24, 2.45) is 5.84 Å². The first-order valence-electron chi connectivity index (χ1n) is 8.62. The van der Waals surface area contributed by atoms with Crippen LogP contribution in [0.4, 0.5) is 0 Å². The van der Waals surface area contributed by atoms with Crippen molar-refractivity contribution in [1.29, 1.82) is 0 Å². The molecule has 9 heteroatoms. The molecule has 0 atom stereocenters. The van der Waals surface area contributed by atoms with Crippen molar-refractivity contribution in [3.8, 4) is 23.0 Å². The number of rotatable bonds is 5. The third-order valence-corrected chi connectivity index (χ3v) is 4.03. The predicted octanol–water partition coefficient (Wildman–Crippen LogP) is 2.25. The molecule has 1 aliphatic heterocycles. The zero-order valence-corrected chi connectivity index (χ0v) is 15.8. The summed E-state index contributed by atoms with van der Waals surface area (Å²) in [5.74, 6) is 3.40. The predicted molar refractivity (Wildman–Crippen MR) is 109 cm³/mol. The summed E-state index contributed by atoms with van der Waals surface area (Å²) in [6, 6.07) is 7.25. The average molecular weight is 416 g/mol. The summed E-state index contributed by atoms with van der Waals surface area (Å²) >= 11 is 0. The minimum absolute atomic E-state index is 0. The van der Waals surface area contributed by atoms with Gasteiger partial charge in [0.15, 0.2) is 11.5 Å². The Balaban J connectivity index is 0.00000320. The molecule has 0 spiro atoms. The number of amides is 1. The van der Waals surface area contributed by atoms with Crippen molar-refractivity contribution in [3.05, 3.63) is 53.1 Å². The van der Waals surface area contributed by atoms with E-state index >= 15 is 0 Å². The maximum atomic E-state index is 12.3. The molecule has 0 radical (unpaired) electrons. The van der Waals surface area contributed by atoms with Gasteiger partial charge in [0.1, 0.15) is 11.5 Å². The Labute approximate surface area is 173 Å². The van der Waals surface area contributed by atoms with Crippen molar-refractivity contribution >= 4 is 18.0 Å². The number of nitrogens with one attached hydrogen (secondary N) is 1. The van der Waals surface area contributed by atoms with Gasteiger partial charge in [-0.2, -0.15) is 0 Å². The smallest absolute Gasteiger partial charge is 0.336 e. The SMILES string of the molecule is C.CC1(C)Oc2cc(OC(=O)/C=C/c3ccc(O)c(CO)c3)c(C(=O)NN)cc2O1. The molecule has 0 fully saturated rings. The van der Waals surface area contributed by atoms with E-state index in [4.69, 9.17) is 20.1 Å². The molecular weight excluding hydrogens is 392 g/mol. The van der Waals surface area contributed by atoms with Crippen molar-refractivity contribution in [2.75, 3.05) is 0 Å². The van der Waals surface area contributed by atoms with Gasteiger partial charge in [-0.05, 0) is 23.8 Å². The van der Waals surface area contributed by atoms with E-state index in [0.29, 0.717) is 22.6 Å². The minimum atomic E-state index is -0.926. The summed E-state index contributed by atoms with van der Waals surface area (Å²) in [5, 5.41) is 18.8. The number of hydrazine groups is 1. The highest BCUT2D eigenvalue weighted by atomic mass is 16.7. The van der Waals surface area contributed by atoms with Crippen molar-refractivity contribution in [3.63, 3.8) is 0 Å². The molecule has 0 aliphatic carbocycles. The number of phenols is 1. The van der Waals surface area contributed by atoms with Crippen molar-refractivity contribution in [1.82, 2.24) is 5.43 Å². The molecular formula is C21H24N2O7. The van der Waals surface area contributed by atoms with Gasteiger partial charge in [0, 0.05) is 37.6 Å². The Kier molecular flexibility index (Phi) is 6.70. The molecule has 2 aromatic rings. The molecule has 9 nitrogen and oxygen atoms in total. The standard InChI is InChI=1S/C20H20N2O7.CH4/c1-20(2)28-16-8-13(19(26)22-21)15(9-17(16)29-20)27-18(25)6-4-11-3-5-14(24)12(7-11)10-23;/h3-9,23-24H,10,21H2,1-2H3,(H,22,26);1H4/b6-4+;. The lowest BCUT2D eigenvalue weighted by Crippen LogP contribution is -2.30. The van der Waals surface area contributed by atoms with Crippen molar-refractivity contribution in [2.45, 2.75) is 33.7 Å². The highest BCUT2D eigenvalue weighted by Gasteiger charge is 2.34. The molecule has 30 heavy (non-hydrogen) atoms. The number of fused-ring (bicyclic) bond motifs is 1. The number of aliphatic hydroxyl groups excluding tert-OH is 1. The summed E-state index contributed by atoms with van der Waals surface area (Å²) in [4.78, 5) is 24.3. The zero-order valence-electron chi connectivity index (χ0n) is 15.8. The number of carbonyl (C=O) groups is 2. The van der Waals surface area contributed by atoms with E-state index in [1.165, 1.54) is 30.3 Å². The number of carbonyl (C=O) groups excluding carboxylic acids is 2. The number of aliphatic hydroxyl groups is 1. The quantitative estimate of drug-likeness (QED) is 0.145. The lowest BCUT2D eigenvalue weighted by molar-refractivity contribution is -0.128. The number of ether oxygens (including phenoxy) is 3. The first-order valence-corrected chi connectivity index (χ1v) is 8.62. The highest BCUT2D eigenvalue weighted by Crippen LogP contribution is 2.43. The van der Waals surface area contributed by atoms with Gasteiger partial charge in [-0.3, -0.25) is 10.2 Å². The number of hydrogen-bond acceptors (Lipinski definition) is 8. The van der Waals surface area contributed by atoms with Crippen LogP contribution >= 0.6 is 0 Å². The van der Waals surface area contributed by atoms with Crippen LogP contribution in [0.3, 0.4) is 0 Å². The summed E-state index contributed by atoms with van der Waals surface area (Å²) in [6.45, 7) is 3.05. The van der Waals surface area contributed by atoms with Gasteiger partial charge in [-0.25, -0.2) is 10.6 Å². The number of aromatic hydroxyl groups is 1. The first kappa shape index (κ1) is 22.7. The van der Waals surface area contributed by atoms with Gasteiger partial charge in [-0.1, -0.05) is 13.5 Å². The van der Waals surface area contributed by atoms with Crippen LogP contribution in [-0.2, 0) is 11.4 Å². The molecule has 0 aromatic heterocycles. The van der Waals surface area contributed by atoms with Gasteiger partial charge in [0.05, 0.1) is 12.2 Å². The molecule has 5 N–H and O–H groups in total. The Hall–Kier alpha value is -3.56. The van der Waals surface area contributed by atoms with Crippen LogP contribution in [0.5, 0.6) is 23.0 Å². The second kappa shape index (κ2) is 8.85. The fourth-order valence-corrected chi connectivity index (χ4v) is 2.73. The molecule has 0 saturated carbocycles. The van der Waals surface area contributed by atoms with E-state index < -0.39 is 17.7 Å². The number of benzene rings is 2. The molecule has 0 saturated heterocycles. The molecule has 160 valence electrons. The van der Waals surface area contributed by atoms with Gasteiger partial charge >= 0.3 is 5.97 Å². The molecule has 0 unspecified atom stereocenters. The van der Waals surface area contributed by atoms with Crippen LogP contribution in [0.15, 0.2) is 36.4 Å². The van der Waals surface area contributed by atoms with Gasteiger partial charge in [-0.15, -0.1) is 0 Å². The van der Waals surface area contributed by atoms with E-state index in [9.17, 15) is 19.8 Å². The fraction of sp³-hybridized carbons (Fsp3) is 0.238. The van der Waals surface area contributed by atoms with Gasteiger partial charge < -0.3 is 24.4 Å². The summed E-state index contributed by atoms with van der Waals surface area (Å²) in [7, 11) is 0. The van der Waals surface area contributed by atoms with Crippen LogP contribution in [0.2, 0.25) is 0 Å². The van der Waals surface area contributed by atoms with E-state index in [1.807, 2.05) is 5.43 Å². The summed E-state index contributed by atoms with van der Waals surface area (Å²) in [5.41, 5.74) is 2.88. The van der Waals surface area contributed by atoms with E-state index in [1.54, 1.807) is 19.9 Å². The fourth-order valence-electron chi connectivity index (χ4n) is 2.73. The zero-order chi connectivity index (χ0) is 21.2. The summed E-state index contributed by atoms with van der Waals surface area (Å²) < 4.78 is 16.5. The number of hydrogen-bond donors (Lipinski definition) is 4. The van der Waals surface area contributed by atoms with Gasteiger partial charge in [0.25, 0.3) is 5.91 Å². The number of esters is 1. The molecule has 1 heterocycles. The Morgan fingerprint density at radius 3 is 2.50 bits per heavy atom. The lowest BCUT2D eigenvalue weighted by atomic mass is 10.1. The number of nitrogens with two attached hydrogens (primary N) is 1. The minimum Gasteiger partial charge on any atom is -0.508 e. The first-order chi connectivity index (χ1) is 13.7. The van der Waals surface area contributed by atoms with Crippen LogP contribution < -0.4 is 25.5 Å². The molecule has 0 bridgehead atoms. The van der Waals surface area contributed by atoms with Crippen LogP contribution in [0.1, 0.15) is 42.8 Å². The maximum absolute atomic E-state index is 12.3. The largest absolute Gasteiger partial charge is 0.508 e. The Morgan fingerprint density at radius 2 is 1.87 bits per heavy atom. The summed E-state index contributed by atoms with van der Waals surface area (Å²) in [6.07, 6.45) is 2.59. The monoisotopic (exact) mass is 416 g/mol. The topological polar surface area (TPSA) is 140 Å². The molecule has 3 rings (SSSR count). The van der Waals surface area contributed by atoms with E-state index in [-0.39, 0.29) is 31.1 Å². The Morgan fingerprint density at radius 1 is 1.20 bits per heavy atom. The third kappa shape index (κ3) is 4.88. The van der Waals surface area contributed by atoms with Crippen molar-refractivity contribution < 1.29 is 34.0 Å². The normalized spacial score (nSPS) is 13.6. The lowest BCUT2D eigenvalue weighted by Gasteiger charge is -2.16. The van der Waals surface area contributed by atoms with E-state index in [0.717, 1.165) is 6.08 Å². The van der Waals surface area contributed by atoms with Crippen LogP contribution in [0.25, 0.3) is 6.08 Å². The van der Waals surface area contributed by atoms with Gasteiger partial charge in [0.2, 0.25) is 5.79 Å². The molecule has 1 amide bonds.